The molecule has 4 rings (SSSR count). The number of nitrogens with zero attached hydrogens (tertiary/aromatic N) is 1. The van der Waals surface area contributed by atoms with Gasteiger partial charge in [-0.2, -0.15) is 0 Å². The van der Waals surface area contributed by atoms with E-state index < -0.39 is 21.3 Å². The van der Waals surface area contributed by atoms with Crippen molar-refractivity contribution < 1.29 is 13.2 Å². The van der Waals surface area contributed by atoms with Gasteiger partial charge in [0, 0.05) is 24.2 Å². The van der Waals surface area contributed by atoms with E-state index >= 15 is 0 Å². The molecule has 1 amide bonds. The maximum Gasteiger partial charge on any atom is 0.247 e. The van der Waals surface area contributed by atoms with Gasteiger partial charge in [0.1, 0.15) is 11.4 Å². The largest absolute Gasteiger partial charge is 0.330 e. The second-order valence-electron chi connectivity index (χ2n) is 6.68. The first kappa shape index (κ1) is 16.6. The lowest BCUT2D eigenvalue weighted by Gasteiger charge is -2.38. The summed E-state index contributed by atoms with van der Waals surface area (Å²) in [6, 6.07) is 8.43. The van der Waals surface area contributed by atoms with Crippen molar-refractivity contribution in [2.45, 2.75) is 29.2 Å². The molecule has 2 unspecified atom stereocenters. The third-order valence-corrected chi connectivity index (χ3v) is 7.32. The Balaban J connectivity index is 1.63. The van der Waals surface area contributed by atoms with Crippen LogP contribution in [0.2, 0.25) is 0 Å². The lowest BCUT2D eigenvalue weighted by Crippen LogP contribution is -2.56. The Kier molecular flexibility index (Phi) is 4.26. The van der Waals surface area contributed by atoms with Crippen molar-refractivity contribution in [1.82, 2.24) is 21.1 Å². The minimum absolute atomic E-state index is 0.216. The van der Waals surface area contributed by atoms with E-state index in [1.807, 2.05) is 5.01 Å². The first-order valence-corrected chi connectivity index (χ1v) is 10.2. The number of nitrogens with one attached hydrogen (secondary N) is 3. The molecule has 1 aromatic carbocycles. The zero-order valence-electron chi connectivity index (χ0n) is 13.8. The summed E-state index contributed by atoms with van der Waals surface area (Å²) in [4.78, 5) is 12.5. The van der Waals surface area contributed by atoms with Crippen molar-refractivity contribution in [1.29, 1.82) is 0 Å². The minimum atomic E-state index is -3.55. The summed E-state index contributed by atoms with van der Waals surface area (Å²) < 4.78 is 26.1. The molecule has 3 aliphatic heterocycles. The predicted octanol–water partition coefficient (Wildman–Crippen LogP) is -0.0115. The van der Waals surface area contributed by atoms with E-state index in [0.29, 0.717) is 0 Å². The summed E-state index contributed by atoms with van der Waals surface area (Å²) in [7, 11) is -3.55. The lowest BCUT2D eigenvalue weighted by molar-refractivity contribution is -0.119. The van der Waals surface area contributed by atoms with Crippen molar-refractivity contribution in [2.24, 2.45) is 5.92 Å². The average molecular weight is 362 g/mol. The molecular formula is C17H22N4O3S. The number of amides is 1. The van der Waals surface area contributed by atoms with Gasteiger partial charge in [-0.1, -0.05) is 18.2 Å². The van der Waals surface area contributed by atoms with Gasteiger partial charge in [0.2, 0.25) is 5.91 Å². The van der Waals surface area contributed by atoms with Crippen molar-refractivity contribution in [2.75, 3.05) is 19.6 Å². The van der Waals surface area contributed by atoms with Crippen LogP contribution in [0.3, 0.4) is 0 Å². The standard InChI is InChI=1S/C17H22N4O3S/c22-16-10-14(12-6-8-18-9-7-12)21-17(20-16)15(11-19-21)25(23,24)13-4-2-1-3-5-13/h1-5,10,12,15,17-19H,6-9,11H2,(H,20,22). The number of hydrazine groups is 1. The van der Waals surface area contributed by atoms with Gasteiger partial charge >= 0.3 is 0 Å². The Bertz CT molecular complexity index is 787. The molecule has 0 aromatic heterocycles. The van der Waals surface area contributed by atoms with Gasteiger partial charge in [0.05, 0.1) is 4.90 Å². The highest BCUT2D eigenvalue weighted by molar-refractivity contribution is 7.92. The Morgan fingerprint density at radius 1 is 1.08 bits per heavy atom. The number of hydrogen-bond acceptors (Lipinski definition) is 6. The molecule has 0 saturated carbocycles. The van der Waals surface area contributed by atoms with E-state index in [0.717, 1.165) is 31.6 Å². The third-order valence-electron chi connectivity index (χ3n) is 5.17. The summed E-state index contributed by atoms with van der Waals surface area (Å²) in [6.07, 6.45) is 2.92. The Morgan fingerprint density at radius 2 is 1.80 bits per heavy atom. The van der Waals surface area contributed by atoms with Crippen LogP contribution in [0.5, 0.6) is 0 Å². The quantitative estimate of drug-likeness (QED) is 0.701. The highest BCUT2D eigenvalue weighted by Gasteiger charge is 2.47. The Hall–Kier alpha value is -1.90. The molecule has 0 radical (unpaired) electrons. The highest BCUT2D eigenvalue weighted by Crippen LogP contribution is 2.32. The molecule has 2 saturated heterocycles. The molecular weight excluding hydrogens is 340 g/mol. The number of fused-ring (bicyclic) bond motifs is 1. The molecule has 2 fully saturated rings. The molecule has 3 N–H and O–H groups in total. The number of carbonyl (C=O) groups excluding carboxylic acids is 1. The van der Waals surface area contributed by atoms with Crippen LogP contribution in [0.4, 0.5) is 0 Å². The van der Waals surface area contributed by atoms with E-state index in [4.69, 9.17) is 0 Å². The zero-order chi connectivity index (χ0) is 17.4. The number of rotatable bonds is 3. The van der Waals surface area contributed by atoms with Gasteiger partial charge in [0.15, 0.2) is 9.84 Å². The maximum absolute atomic E-state index is 13.0. The number of benzene rings is 1. The first-order valence-electron chi connectivity index (χ1n) is 8.62. The zero-order valence-corrected chi connectivity index (χ0v) is 14.6. The second-order valence-corrected chi connectivity index (χ2v) is 8.84. The van der Waals surface area contributed by atoms with Gasteiger partial charge in [-0.05, 0) is 38.1 Å². The number of carbonyl (C=O) groups is 1. The fourth-order valence-corrected chi connectivity index (χ4v) is 5.57. The maximum atomic E-state index is 13.0. The molecule has 3 aliphatic rings. The van der Waals surface area contributed by atoms with Gasteiger partial charge in [0.25, 0.3) is 0 Å². The first-order chi connectivity index (χ1) is 12.1. The van der Waals surface area contributed by atoms with Gasteiger partial charge in [-0.25, -0.2) is 13.8 Å². The summed E-state index contributed by atoms with van der Waals surface area (Å²) >= 11 is 0. The fraction of sp³-hybridized carbons (Fsp3) is 0.471. The summed E-state index contributed by atoms with van der Waals surface area (Å²) in [5.41, 5.74) is 4.11. The van der Waals surface area contributed by atoms with E-state index in [2.05, 4.69) is 16.1 Å². The van der Waals surface area contributed by atoms with Crippen LogP contribution in [-0.4, -0.2) is 50.4 Å². The van der Waals surface area contributed by atoms with E-state index in [9.17, 15) is 13.2 Å². The number of hydrogen-bond donors (Lipinski definition) is 3. The van der Waals surface area contributed by atoms with E-state index in [1.54, 1.807) is 36.4 Å². The smallest absolute Gasteiger partial charge is 0.247 e. The molecule has 8 heteroatoms. The Labute approximate surface area is 147 Å². The molecule has 2 atom stereocenters. The average Bonchev–Trinajstić information content (AvgIpc) is 3.07. The van der Waals surface area contributed by atoms with Crippen LogP contribution in [0.1, 0.15) is 12.8 Å². The van der Waals surface area contributed by atoms with Crippen LogP contribution in [0.15, 0.2) is 47.0 Å². The third kappa shape index (κ3) is 2.94. The molecule has 0 bridgehead atoms. The monoisotopic (exact) mass is 362 g/mol. The summed E-state index contributed by atoms with van der Waals surface area (Å²) in [5, 5.41) is 7.29. The number of sulfone groups is 1. The topological polar surface area (TPSA) is 90.5 Å². The van der Waals surface area contributed by atoms with E-state index in [-0.39, 0.29) is 23.3 Å². The number of allylic oxidation sites excluding steroid dienone is 1. The van der Waals surface area contributed by atoms with Crippen LogP contribution >= 0.6 is 0 Å². The van der Waals surface area contributed by atoms with Crippen LogP contribution in [-0.2, 0) is 14.6 Å². The van der Waals surface area contributed by atoms with Crippen molar-refractivity contribution in [3.8, 4) is 0 Å². The molecule has 0 aliphatic carbocycles. The summed E-state index contributed by atoms with van der Waals surface area (Å²) in [6.45, 7) is 2.10. The highest BCUT2D eigenvalue weighted by atomic mass is 32.2. The molecule has 1 aromatic rings. The fourth-order valence-electron chi connectivity index (χ4n) is 3.86. The van der Waals surface area contributed by atoms with Crippen LogP contribution < -0.4 is 16.1 Å². The minimum Gasteiger partial charge on any atom is -0.330 e. The Morgan fingerprint density at radius 3 is 2.52 bits per heavy atom. The predicted molar refractivity (Wildman–Crippen MR) is 92.9 cm³/mol. The summed E-state index contributed by atoms with van der Waals surface area (Å²) in [5.74, 6) is 0.0484. The SMILES string of the molecule is O=C1C=C(C2CCNCC2)N2NCC(S(=O)(=O)c3ccccc3)C2N1. The molecule has 0 spiro atoms. The molecule has 7 nitrogen and oxygen atoms in total. The second kappa shape index (κ2) is 6.44. The van der Waals surface area contributed by atoms with Gasteiger partial charge in [-0.15, -0.1) is 0 Å². The lowest BCUT2D eigenvalue weighted by atomic mass is 9.93. The van der Waals surface area contributed by atoms with Gasteiger partial charge < -0.3 is 10.6 Å². The van der Waals surface area contributed by atoms with Crippen LogP contribution in [0.25, 0.3) is 0 Å². The van der Waals surface area contributed by atoms with Crippen molar-refractivity contribution >= 4 is 15.7 Å². The number of piperidine rings is 1. The van der Waals surface area contributed by atoms with Crippen molar-refractivity contribution in [3.05, 3.63) is 42.1 Å². The molecule has 3 heterocycles. The molecule has 134 valence electrons. The van der Waals surface area contributed by atoms with E-state index in [1.165, 1.54) is 0 Å². The molecule has 25 heavy (non-hydrogen) atoms. The normalized spacial score (nSPS) is 27.6. The van der Waals surface area contributed by atoms with Gasteiger partial charge in [-0.3, -0.25) is 9.80 Å². The van der Waals surface area contributed by atoms with Crippen LogP contribution in [0, 0.1) is 5.92 Å². The van der Waals surface area contributed by atoms with Crippen molar-refractivity contribution in [3.63, 3.8) is 0 Å².